The molecule has 0 bridgehead atoms. The summed E-state index contributed by atoms with van der Waals surface area (Å²) in [6.07, 6.45) is -0.256. The van der Waals surface area contributed by atoms with Gasteiger partial charge in [-0.2, -0.15) is 13.2 Å². The molecule has 3 aromatic heterocycles. The van der Waals surface area contributed by atoms with Crippen molar-refractivity contribution in [3.05, 3.63) is 47.4 Å². The average molecular weight is 491 g/mol. The number of thiazole rings is 1. The molecule has 0 saturated heterocycles. The van der Waals surface area contributed by atoms with E-state index < -0.39 is 23.8 Å². The molecule has 176 valence electrons. The van der Waals surface area contributed by atoms with E-state index in [0.29, 0.717) is 28.8 Å². The van der Waals surface area contributed by atoms with Gasteiger partial charge in [-0.05, 0) is 19.1 Å². The number of hydrazone groups is 1. The number of urea groups is 1. The first-order valence-corrected chi connectivity index (χ1v) is 10.7. The number of pyridine rings is 2. The van der Waals surface area contributed by atoms with Crippen LogP contribution in [0.4, 0.5) is 23.8 Å². The Morgan fingerprint density at radius 3 is 2.68 bits per heavy atom. The third-order valence-electron chi connectivity index (χ3n) is 4.43. The Bertz CT molecular complexity index is 1280. The molecule has 10 nitrogen and oxygen atoms in total. The van der Waals surface area contributed by atoms with Crippen LogP contribution in [-0.2, 0) is 15.7 Å². The third-order valence-corrected chi connectivity index (χ3v) is 5.30. The first-order valence-electron chi connectivity index (χ1n) is 9.77. The van der Waals surface area contributed by atoms with Gasteiger partial charge in [-0.1, -0.05) is 0 Å². The van der Waals surface area contributed by atoms with Crippen LogP contribution in [0.25, 0.3) is 21.7 Å². The summed E-state index contributed by atoms with van der Waals surface area (Å²) in [6, 6.07) is 2.56. The molecule has 0 atom stereocenters. The first-order chi connectivity index (χ1) is 16.2. The van der Waals surface area contributed by atoms with E-state index in [4.69, 9.17) is 4.74 Å². The smallest absolute Gasteiger partial charge is 0.434 e. The minimum atomic E-state index is -4.60. The molecule has 0 fully saturated rings. The van der Waals surface area contributed by atoms with E-state index in [-0.39, 0.29) is 23.3 Å². The number of hydrogen-bond donors (Lipinski definition) is 3. The van der Waals surface area contributed by atoms with Crippen LogP contribution in [0, 0.1) is 0 Å². The van der Waals surface area contributed by atoms with Gasteiger partial charge in [0, 0.05) is 47.2 Å². The largest absolute Gasteiger partial charge is 0.466 e. The fourth-order valence-electron chi connectivity index (χ4n) is 2.94. The predicted octanol–water partition coefficient (Wildman–Crippen LogP) is 3.24. The van der Waals surface area contributed by atoms with E-state index in [1.54, 1.807) is 13.0 Å². The highest BCUT2D eigenvalue weighted by Crippen LogP contribution is 2.38. The lowest BCUT2D eigenvalue weighted by molar-refractivity contribution is -0.140. The zero-order valence-corrected chi connectivity index (χ0v) is 18.3. The standard InChI is InChI=1S/C20H16F3N7O3S/c1-2-25-19(32)28-15-4-12(18-27-14(9-34-18)20(21,22)23)13(7-26-15)10-3-11(6-24-5-10)17-30-29-16(31)8-33-17/h3-7,9H,2,8H2,1H3,(H,29,31)(H2,25,26,28,32). The van der Waals surface area contributed by atoms with Crippen LogP contribution in [0.5, 0.6) is 0 Å². The van der Waals surface area contributed by atoms with Crippen LogP contribution in [0.3, 0.4) is 0 Å². The van der Waals surface area contributed by atoms with Gasteiger partial charge in [-0.25, -0.2) is 20.2 Å². The van der Waals surface area contributed by atoms with Gasteiger partial charge in [0.2, 0.25) is 5.90 Å². The van der Waals surface area contributed by atoms with E-state index in [1.807, 2.05) is 0 Å². The van der Waals surface area contributed by atoms with Gasteiger partial charge in [-0.3, -0.25) is 15.1 Å². The molecule has 4 rings (SSSR count). The van der Waals surface area contributed by atoms with Crippen molar-refractivity contribution < 1.29 is 27.5 Å². The van der Waals surface area contributed by atoms with Gasteiger partial charge in [-0.15, -0.1) is 16.4 Å². The molecule has 3 amide bonds. The number of hydrogen-bond acceptors (Lipinski definition) is 8. The molecule has 0 spiro atoms. The van der Waals surface area contributed by atoms with E-state index >= 15 is 0 Å². The zero-order chi connectivity index (χ0) is 24.3. The fraction of sp³-hybridized carbons (Fsp3) is 0.200. The number of amides is 3. The molecular formula is C20H16F3N7O3S. The average Bonchev–Trinajstić information content (AvgIpc) is 3.31. The highest BCUT2D eigenvalue weighted by Gasteiger charge is 2.34. The monoisotopic (exact) mass is 491 g/mol. The Hall–Kier alpha value is -4.07. The topological polar surface area (TPSA) is 130 Å². The van der Waals surface area contributed by atoms with Gasteiger partial charge in [0.05, 0.1) is 5.56 Å². The van der Waals surface area contributed by atoms with Crippen LogP contribution in [0.15, 0.2) is 41.2 Å². The van der Waals surface area contributed by atoms with E-state index in [0.717, 1.165) is 16.7 Å². The van der Waals surface area contributed by atoms with Crippen molar-refractivity contribution in [3.63, 3.8) is 0 Å². The van der Waals surface area contributed by atoms with E-state index in [2.05, 4.69) is 36.1 Å². The number of carbonyl (C=O) groups is 2. The minimum absolute atomic E-state index is 0.0765. The van der Waals surface area contributed by atoms with E-state index in [1.165, 1.54) is 24.7 Å². The summed E-state index contributed by atoms with van der Waals surface area (Å²) in [6.45, 7) is 1.90. The molecule has 14 heteroatoms. The molecule has 0 aromatic carbocycles. The van der Waals surface area contributed by atoms with Gasteiger partial charge < -0.3 is 10.1 Å². The normalized spacial score (nSPS) is 13.5. The summed E-state index contributed by atoms with van der Waals surface area (Å²) in [5, 5.41) is 9.92. The molecule has 1 aliphatic heterocycles. The highest BCUT2D eigenvalue weighted by molar-refractivity contribution is 7.13. The van der Waals surface area contributed by atoms with Crippen molar-refractivity contribution in [1.82, 2.24) is 25.7 Å². The van der Waals surface area contributed by atoms with Gasteiger partial charge in [0.15, 0.2) is 12.3 Å². The summed E-state index contributed by atoms with van der Waals surface area (Å²) in [5.41, 5.74) is 2.91. The van der Waals surface area contributed by atoms with Crippen LogP contribution in [0.2, 0.25) is 0 Å². The van der Waals surface area contributed by atoms with Crippen molar-refractivity contribution >= 4 is 35.0 Å². The molecule has 0 radical (unpaired) electrons. The summed E-state index contributed by atoms with van der Waals surface area (Å²) >= 11 is 0.805. The van der Waals surface area contributed by atoms with Gasteiger partial charge >= 0.3 is 12.2 Å². The summed E-state index contributed by atoms with van der Waals surface area (Å²) in [5.74, 6) is -0.148. The number of rotatable bonds is 5. The lowest BCUT2D eigenvalue weighted by atomic mass is 10.0. The van der Waals surface area contributed by atoms with E-state index in [9.17, 15) is 22.8 Å². The Labute approximate surface area is 194 Å². The lowest BCUT2D eigenvalue weighted by Gasteiger charge is -2.15. The zero-order valence-electron chi connectivity index (χ0n) is 17.4. The lowest BCUT2D eigenvalue weighted by Crippen LogP contribution is -2.32. The molecule has 3 aromatic rings. The van der Waals surface area contributed by atoms with Crippen LogP contribution >= 0.6 is 11.3 Å². The van der Waals surface area contributed by atoms with Crippen LogP contribution < -0.4 is 16.1 Å². The number of aromatic nitrogens is 3. The Kier molecular flexibility index (Phi) is 6.40. The maximum Gasteiger partial charge on any atom is 0.434 e. The number of anilines is 1. The Balaban J connectivity index is 1.77. The summed E-state index contributed by atoms with van der Waals surface area (Å²) in [7, 11) is 0. The SMILES string of the molecule is CCNC(=O)Nc1cc(-c2nc(C(F)(F)F)cs2)c(-c2cncc(C3=NNC(=O)CO3)c2)cn1. The molecular weight excluding hydrogens is 475 g/mol. The number of carbonyl (C=O) groups excluding carboxylic acids is 2. The number of alkyl halides is 3. The summed E-state index contributed by atoms with van der Waals surface area (Å²) < 4.78 is 44.8. The van der Waals surface area contributed by atoms with Crippen LogP contribution in [-0.4, -0.2) is 45.9 Å². The second kappa shape index (κ2) is 9.43. The molecule has 34 heavy (non-hydrogen) atoms. The van der Waals surface area contributed by atoms with Crippen LogP contribution in [0.1, 0.15) is 18.2 Å². The quantitative estimate of drug-likeness (QED) is 0.502. The van der Waals surface area contributed by atoms with Crippen molar-refractivity contribution in [2.45, 2.75) is 13.1 Å². The molecule has 0 unspecified atom stereocenters. The molecule has 3 N–H and O–H groups in total. The maximum atomic E-state index is 13.2. The Morgan fingerprint density at radius 2 is 2.00 bits per heavy atom. The molecule has 1 aliphatic rings. The minimum Gasteiger partial charge on any atom is -0.466 e. The second-order valence-electron chi connectivity index (χ2n) is 6.84. The van der Waals surface area contributed by atoms with Crippen molar-refractivity contribution in [1.29, 1.82) is 0 Å². The Morgan fingerprint density at radius 1 is 1.21 bits per heavy atom. The second-order valence-corrected chi connectivity index (χ2v) is 7.70. The fourth-order valence-corrected chi connectivity index (χ4v) is 3.80. The maximum absolute atomic E-state index is 13.2. The number of nitrogens with zero attached hydrogens (tertiary/aromatic N) is 4. The van der Waals surface area contributed by atoms with Crippen molar-refractivity contribution in [3.8, 4) is 21.7 Å². The van der Waals surface area contributed by atoms with Gasteiger partial charge in [0.1, 0.15) is 10.8 Å². The van der Waals surface area contributed by atoms with Crippen molar-refractivity contribution in [2.75, 3.05) is 18.5 Å². The first kappa shape index (κ1) is 23.1. The molecule has 0 aliphatic carbocycles. The van der Waals surface area contributed by atoms with Gasteiger partial charge in [0.25, 0.3) is 5.91 Å². The molecule has 0 saturated carbocycles. The molecule has 4 heterocycles. The van der Waals surface area contributed by atoms with Crippen molar-refractivity contribution in [2.24, 2.45) is 5.10 Å². The number of halogens is 3. The number of nitrogens with one attached hydrogen (secondary N) is 3. The third kappa shape index (κ3) is 5.11. The summed E-state index contributed by atoms with van der Waals surface area (Å²) in [4.78, 5) is 35.3. The predicted molar refractivity (Wildman–Crippen MR) is 117 cm³/mol. The highest BCUT2D eigenvalue weighted by atomic mass is 32.1. The number of ether oxygens (including phenoxy) is 1.